The van der Waals surface area contributed by atoms with E-state index in [1.165, 1.54) is 6.20 Å². The molecule has 3 nitrogen and oxygen atoms in total. The summed E-state index contributed by atoms with van der Waals surface area (Å²) in [5, 5.41) is 8.97. The first-order chi connectivity index (χ1) is 8.27. The standard InChI is InChI=1S/C14H11NO2/c16-14(17)13-12(7-4-10-15-13)9-8-11-5-2-1-3-6-11/h1-10H,(H,16,17). The Balaban J connectivity index is 2.30. The van der Waals surface area contributed by atoms with E-state index in [1.807, 2.05) is 36.4 Å². The van der Waals surface area contributed by atoms with E-state index in [-0.39, 0.29) is 5.69 Å². The first-order valence-electron chi connectivity index (χ1n) is 5.19. The number of hydrogen-bond acceptors (Lipinski definition) is 2. The quantitative estimate of drug-likeness (QED) is 0.873. The van der Waals surface area contributed by atoms with Gasteiger partial charge >= 0.3 is 5.97 Å². The van der Waals surface area contributed by atoms with Gasteiger partial charge in [0.25, 0.3) is 0 Å². The predicted octanol–water partition coefficient (Wildman–Crippen LogP) is 2.95. The molecule has 1 aromatic heterocycles. The van der Waals surface area contributed by atoms with E-state index in [1.54, 1.807) is 18.2 Å². The van der Waals surface area contributed by atoms with Crippen LogP contribution in [0.1, 0.15) is 21.6 Å². The molecule has 0 saturated carbocycles. The second-order valence-corrected chi connectivity index (χ2v) is 3.49. The Morgan fingerprint density at radius 2 is 1.82 bits per heavy atom. The minimum atomic E-state index is -1.02. The molecule has 0 amide bonds. The van der Waals surface area contributed by atoms with E-state index in [9.17, 15) is 4.79 Å². The van der Waals surface area contributed by atoms with Gasteiger partial charge in [0, 0.05) is 11.8 Å². The Morgan fingerprint density at radius 3 is 2.53 bits per heavy atom. The van der Waals surface area contributed by atoms with E-state index in [4.69, 9.17) is 5.11 Å². The number of carboxylic acid groups (broad SMARTS) is 1. The molecule has 0 radical (unpaired) electrons. The van der Waals surface area contributed by atoms with Gasteiger partial charge in [0.1, 0.15) is 0 Å². The number of benzene rings is 1. The lowest BCUT2D eigenvalue weighted by molar-refractivity contribution is 0.0690. The fourth-order valence-electron chi connectivity index (χ4n) is 1.48. The van der Waals surface area contributed by atoms with Gasteiger partial charge in [0.2, 0.25) is 0 Å². The minimum absolute atomic E-state index is 0.0691. The fourth-order valence-corrected chi connectivity index (χ4v) is 1.48. The summed E-state index contributed by atoms with van der Waals surface area (Å²) in [7, 11) is 0. The van der Waals surface area contributed by atoms with Crippen LogP contribution in [0.3, 0.4) is 0 Å². The van der Waals surface area contributed by atoms with Crippen molar-refractivity contribution < 1.29 is 9.90 Å². The largest absolute Gasteiger partial charge is 0.476 e. The lowest BCUT2D eigenvalue weighted by Gasteiger charge is -1.98. The first-order valence-corrected chi connectivity index (χ1v) is 5.19. The zero-order valence-corrected chi connectivity index (χ0v) is 9.08. The van der Waals surface area contributed by atoms with Crippen LogP contribution in [0.15, 0.2) is 48.7 Å². The highest BCUT2D eigenvalue weighted by molar-refractivity contribution is 5.91. The van der Waals surface area contributed by atoms with Crippen LogP contribution in [-0.4, -0.2) is 16.1 Å². The Bertz CT molecular complexity index is 547. The van der Waals surface area contributed by atoms with Crippen LogP contribution in [0.5, 0.6) is 0 Å². The maximum atomic E-state index is 10.9. The zero-order valence-electron chi connectivity index (χ0n) is 9.08. The highest BCUT2D eigenvalue weighted by Crippen LogP contribution is 2.11. The van der Waals surface area contributed by atoms with Crippen LogP contribution in [0.25, 0.3) is 12.2 Å². The normalized spacial score (nSPS) is 10.6. The molecule has 2 aromatic rings. The third-order valence-electron chi connectivity index (χ3n) is 2.30. The average molecular weight is 225 g/mol. The molecule has 0 aliphatic heterocycles. The molecular weight excluding hydrogens is 214 g/mol. The summed E-state index contributed by atoms with van der Waals surface area (Å²) >= 11 is 0. The van der Waals surface area contributed by atoms with E-state index in [0.29, 0.717) is 5.56 Å². The molecule has 0 atom stereocenters. The maximum Gasteiger partial charge on any atom is 0.355 e. The molecular formula is C14H11NO2. The maximum absolute atomic E-state index is 10.9. The summed E-state index contributed by atoms with van der Waals surface area (Å²) in [5.41, 5.74) is 1.69. The van der Waals surface area contributed by atoms with E-state index < -0.39 is 5.97 Å². The zero-order chi connectivity index (χ0) is 12.1. The molecule has 0 unspecified atom stereocenters. The summed E-state index contributed by atoms with van der Waals surface area (Å²) in [6, 6.07) is 13.2. The summed E-state index contributed by atoms with van der Waals surface area (Å²) in [6.45, 7) is 0. The molecule has 1 heterocycles. The number of hydrogen-bond donors (Lipinski definition) is 1. The Kier molecular flexibility index (Phi) is 3.31. The highest BCUT2D eigenvalue weighted by atomic mass is 16.4. The third kappa shape index (κ3) is 2.78. The molecule has 2 rings (SSSR count). The molecule has 0 saturated heterocycles. The average Bonchev–Trinajstić information content (AvgIpc) is 2.38. The summed E-state index contributed by atoms with van der Waals surface area (Å²) < 4.78 is 0. The van der Waals surface area contributed by atoms with Gasteiger partial charge in [-0.15, -0.1) is 0 Å². The first kappa shape index (κ1) is 11.1. The van der Waals surface area contributed by atoms with E-state index in [0.717, 1.165) is 5.56 Å². The van der Waals surface area contributed by atoms with Crippen molar-refractivity contribution >= 4 is 18.1 Å². The lowest BCUT2D eigenvalue weighted by atomic mass is 10.1. The summed E-state index contributed by atoms with van der Waals surface area (Å²) in [5.74, 6) is -1.02. The molecule has 0 aliphatic rings. The van der Waals surface area contributed by atoms with Crippen molar-refractivity contribution in [3.63, 3.8) is 0 Å². The van der Waals surface area contributed by atoms with Gasteiger partial charge in [-0.1, -0.05) is 48.6 Å². The van der Waals surface area contributed by atoms with Gasteiger partial charge < -0.3 is 5.11 Å². The predicted molar refractivity (Wildman–Crippen MR) is 66.6 cm³/mol. The van der Waals surface area contributed by atoms with Crippen molar-refractivity contribution in [3.05, 3.63) is 65.5 Å². The van der Waals surface area contributed by atoms with Crippen molar-refractivity contribution in [1.29, 1.82) is 0 Å². The second kappa shape index (κ2) is 5.07. The van der Waals surface area contributed by atoms with Crippen LogP contribution in [0, 0.1) is 0 Å². The number of pyridine rings is 1. The molecule has 0 bridgehead atoms. The minimum Gasteiger partial charge on any atom is -0.476 e. The molecule has 0 spiro atoms. The van der Waals surface area contributed by atoms with Gasteiger partial charge in [0.15, 0.2) is 5.69 Å². The fraction of sp³-hybridized carbons (Fsp3) is 0. The monoisotopic (exact) mass is 225 g/mol. The number of aromatic carboxylic acids is 1. The molecule has 3 heteroatoms. The van der Waals surface area contributed by atoms with Gasteiger partial charge in [0.05, 0.1) is 0 Å². The molecule has 0 fully saturated rings. The number of carboxylic acids is 1. The Labute approximate surface area is 99.1 Å². The van der Waals surface area contributed by atoms with Gasteiger partial charge in [-0.25, -0.2) is 9.78 Å². The van der Waals surface area contributed by atoms with Crippen molar-refractivity contribution in [2.45, 2.75) is 0 Å². The molecule has 0 aliphatic carbocycles. The second-order valence-electron chi connectivity index (χ2n) is 3.49. The SMILES string of the molecule is O=C(O)c1ncccc1C=Cc1ccccc1. The molecule has 84 valence electrons. The summed E-state index contributed by atoms with van der Waals surface area (Å²) in [4.78, 5) is 14.8. The summed E-state index contributed by atoms with van der Waals surface area (Å²) in [6.07, 6.45) is 5.10. The van der Waals surface area contributed by atoms with Crippen LogP contribution >= 0.6 is 0 Å². The van der Waals surface area contributed by atoms with Gasteiger partial charge in [-0.05, 0) is 11.6 Å². The molecule has 1 N–H and O–H groups in total. The van der Waals surface area contributed by atoms with E-state index in [2.05, 4.69) is 4.98 Å². The van der Waals surface area contributed by atoms with Crippen molar-refractivity contribution in [1.82, 2.24) is 4.98 Å². The molecule has 1 aromatic carbocycles. The van der Waals surface area contributed by atoms with Crippen LogP contribution < -0.4 is 0 Å². The topological polar surface area (TPSA) is 50.2 Å². The molecule has 17 heavy (non-hydrogen) atoms. The van der Waals surface area contributed by atoms with Crippen molar-refractivity contribution in [2.75, 3.05) is 0 Å². The van der Waals surface area contributed by atoms with Crippen LogP contribution in [0.4, 0.5) is 0 Å². The Hall–Kier alpha value is -2.42. The highest BCUT2D eigenvalue weighted by Gasteiger charge is 2.07. The lowest BCUT2D eigenvalue weighted by Crippen LogP contribution is -2.02. The van der Waals surface area contributed by atoms with Crippen molar-refractivity contribution in [3.8, 4) is 0 Å². The number of nitrogens with zero attached hydrogens (tertiary/aromatic N) is 1. The third-order valence-corrected chi connectivity index (χ3v) is 2.30. The van der Waals surface area contributed by atoms with Crippen LogP contribution in [0.2, 0.25) is 0 Å². The smallest absolute Gasteiger partial charge is 0.355 e. The van der Waals surface area contributed by atoms with Crippen molar-refractivity contribution in [2.24, 2.45) is 0 Å². The van der Waals surface area contributed by atoms with Gasteiger partial charge in [-0.3, -0.25) is 0 Å². The van der Waals surface area contributed by atoms with E-state index >= 15 is 0 Å². The van der Waals surface area contributed by atoms with Crippen LogP contribution in [-0.2, 0) is 0 Å². The number of aromatic nitrogens is 1. The number of rotatable bonds is 3. The van der Waals surface area contributed by atoms with Gasteiger partial charge in [-0.2, -0.15) is 0 Å². The Morgan fingerprint density at radius 1 is 1.06 bits per heavy atom. The number of carbonyl (C=O) groups is 1.